The number of hydrogen-bond donors (Lipinski definition) is 1. The molecular weight excluding hydrogens is 184 g/mol. The number of thiazole rings is 1. The summed E-state index contributed by atoms with van der Waals surface area (Å²) in [5, 5.41) is 2.74. The number of carbonyl (C=O) groups is 1. The molecule has 1 saturated heterocycles. The normalized spacial score (nSPS) is 15.6. The lowest BCUT2D eigenvalue weighted by Gasteiger charge is -2.08. The molecule has 0 saturated carbocycles. The number of rotatable bonds is 0. The average molecular weight is 198 g/mol. The molecule has 1 aliphatic heterocycles. The molecule has 0 aliphatic carbocycles. The highest BCUT2D eigenvalue weighted by Crippen LogP contribution is 1.99. The summed E-state index contributed by atoms with van der Waals surface area (Å²) in [6.45, 7) is 2.93. The second-order valence-electron chi connectivity index (χ2n) is 2.92. The molecule has 0 bridgehead atoms. The predicted octanol–water partition coefficient (Wildman–Crippen LogP) is 1.74. The van der Waals surface area contributed by atoms with Crippen molar-refractivity contribution in [1.82, 2.24) is 10.3 Å². The Morgan fingerprint density at radius 1 is 1.54 bits per heavy atom. The zero-order valence-corrected chi connectivity index (χ0v) is 8.56. The van der Waals surface area contributed by atoms with Gasteiger partial charge in [-0.2, -0.15) is 0 Å². The minimum absolute atomic E-state index is 0.214. The van der Waals surface area contributed by atoms with Crippen molar-refractivity contribution in [2.24, 2.45) is 0 Å². The number of aromatic nitrogens is 1. The number of amides is 1. The highest BCUT2D eigenvalue weighted by atomic mass is 32.1. The summed E-state index contributed by atoms with van der Waals surface area (Å²) in [4.78, 5) is 15.5. The molecule has 2 heterocycles. The van der Waals surface area contributed by atoms with Gasteiger partial charge in [0.2, 0.25) is 5.91 Å². The summed E-state index contributed by atoms with van der Waals surface area (Å²) in [6.07, 6.45) is 4.82. The third-order valence-corrected chi connectivity index (χ3v) is 2.41. The van der Waals surface area contributed by atoms with E-state index in [4.69, 9.17) is 0 Å². The second-order valence-corrected chi connectivity index (χ2v) is 4.01. The van der Waals surface area contributed by atoms with Gasteiger partial charge in [0.25, 0.3) is 0 Å². The Bertz CT molecular complexity index is 238. The van der Waals surface area contributed by atoms with Crippen LogP contribution in [0, 0.1) is 6.92 Å². The molecule has 1 aromatic heterocycles. The second kappa shape index (κ2) is 5.70. The van der Waals surface area contributed by atoms with E-state index >= 15 is 0 Å². The lowest BCUT2D eigenvalue weighted by molar-refractivity contribution is -0.122. The molecule has 0 unspecified atom stereocenters. The third kappa shape index (κ3) is 4.62. The fourth-order valence-corrected chi connectivity index (χ4v) is 1.42. The van der Waals surface area contributed by atoms with Crippen LogP contribution >= 0.6 is 11.3 Å². The van der Waals surface area contributed by atoms with Gasteiger partial charge in [-0.05, 0) is 19.8 Å². The van der Waals surface area contributed by atoms with Gasteiger partial charge in [0.05, 0.1) is 5.51 Å². The van der Waals surface area contributed by atoms with Gasteiger partial charge in [-0.15, -0.1) is 11.3 Å². The van der Waals surface area contributed by atoms with Crippen molar-refractivity contribution < 1.29 is 4.79 Å². The third-order valence-electron chi connectivity index (χ3n) is 1.71. The molecule has 1 N–H and O–H groups in total. The van der Waals surface area contributed by atoms with Crippen LogP contribution in [-0.4, -0.2) is 17.4 Å². The number of carbonyl (C=O) groups excluding carboxylic acids is 1. The van der Waals surface area contributed by atoms with Gasteiger partial charge in [-0.1, -0.05) is 0 Å². The van der Waals surface area contributed by atoms with E-state index in [1.165, 1.54) is 4.88 Å². The van der Waals surface area contributed by atoms with Crippen LogP contribution in [0.15, 0.2) is 11.7 Å². The Morgan fingerprint density at radius 2 is 2.38 bits per heavy atom. The van der Waals surface area contributed by atoms with Crippen molar-refractivity contribution >= 4 is 17.2 Å². The van der Waals surface area contributed by atoms with Crippen molar-refractivity contribution in [3.05, 3.63) is 16.6 Å². The van der Waals surface area contributed by atoms with Crippen molar-refractivity contribution in [1.29, 1.82) is 0 Å². The molecule has 13 heavy (non-hydrogen) atoms. The fourth-order valence-electron chi connectivity index (χ4n) is 1.01. The maximum atomic E-state index is 10.4. The van der Waals surface area contributed by atoms with Gasteiger partial charge in [-0.25, -0.2) is 0 Å². The SMILES string of the molecule is Cc1cncs1.O=C1CCCCN1. The van der Waals surface area contributed by atoms with Gasteiger partial charge in [-0.3, -0.25) is 9.78 Å². The zero-order valence-electron chi connectivity index (χ0n) is 7.75. The van der Waals surface area contributed by atoms with Gasteiger partial charge in [0.1, 0.15) is 0 Å². The van der Waals surface area contributed by atoms with E-state index < -0.39 is 0 Å². The van der Waals surface area contributed by atoms with Crippen molar-refractivity contribution in [3.8, 4) is 0 Å². The van der Waals surface area contributed by atoms with Crippen LogP contribution in [0.4, 0.5) is 0 Å². The number of nitrogens with zero attached hydrogens (tertiary/aromatic N) is 1. The zero-order chi connectivity index (χ0) is 9.52. The molecule has 1 aliphatic rings. The molecule has 1 aromatic rings. The van der Waals surface area contributed by atoms with Crippen LogP contribution in [0.5, 0.6) is 0 Å². The lowest BCUT2D eigenvalue weighted by atomic mass is 10.2. The molecule has 0 aromatic carbocycles. The van der Waals surface area contributed by atoms with E-state index in [2.05, 4.69) is 10.3 Å². The van der Waals surface area contributed by atoms with Gasteiger partial charge < -0.3 is 5.32 Å². The molecule has 0 spiro atoms. The summed E-state index contributed by atoms with van der Waals surface area (Å²) in [5.74, 6) is 0.214. The van der Waals surface area contributed by atoms with E-state index in [1.807, 2.05) is 18.6 Å². The van der Waals surface area contributed by atoms with Crippen molar-refractivity contribution in [2.75, 3.05) is 6.54 Å². The summed E-state index contributed by atoms with van der Waals surface area (Å²) in [6, 6.07) is 0. The summed E-state index contributed by atoms with van der Waals surface area (Å²) < 4.78 is 0. The van der Waals surface area contributed by atoms with E-state index in [0.717, 1.165) is 25.8 Å². The van der Waals surface area contributed by atoms with E-state index in [1.54, 1.807) is 11.3 Å². The summed E-state index contributed by atoms with van der Waals surface area (Å²) in [5.41, 5.74) is 1.83. The monoisotopic (exact) mass is 198 g/mol. The predicted molar refractivity (Wildman–Crippen MR) is 53.7 cm³/mol. The van der Waals surface area contributed by atoms with Crippen molar-refractivity contribution in [3.63, 3.8) is 0 Å². The largest absolute Gasteiger partial charge is 0.356 e. The minimum atomic E-state index is 0.214. The Labute approximate surface area is 82.2 Å². The number of hydrogen-bond acceptors (Lipinski definition) is 3. The first-order valence-electron chi connectivity index (χ1n) is 4.41. The van der Waals surface area contributed by atoms with Gasteiger partial charge >= 0.3 is 0 Å². The summed E-state index contributed by atoms with van der Waals surface area (Å²) >= 11 is 1.67. The van der Waals surface area contributed by atoms with Crippen molar-refractivity contribution in [2.45, 2.75) is 26.2 Å². The van der Waals surface area contributed by atoms with Gasteiger partial charge in [0.15, 0.2) is 0 Å². The molecule has 0 radical (unpaired) electrons. The van der Waals surface area contributed by atoms with E-state index in [-0.39, 0.29) is 5.91 Å². The summed E-state index contributed by atoms with van der Waals surface area (Å²) in [7, 11) is 0. The smallest absolute Gasteiger partial charge is 0.219 e. The fraction of sp³-hybridized carbons (Fsp3) is 0.556. The first-order valence-corrected chi connectivity index (χ1v) is 5.29. The Balaban J connectivity index is 0.000000132. The van der Waals surface area contributed by atoms with Crippen LogP contribution in [0.25, 0.3) is 0 Å². The van der Waals surface area contributed by atoms with Crippen LogP contribution in [0.2, 0.25) is 0 Å². The lowest BCUT2D eigenvalue weighted by Crippen LogP contribution is -2.28. The van der Waals surface area contributed by atoms with Gasteiger partial charge in [0, 0.05) is 24.0 Å². The first-order chi connectivity index (χ1) is 6.29. The van der Waals surface area contributed by atoms with Crippen LogP contribution in [0.3, 0.4) is 0 Å². The highest BCUT2D eigenvalue weighted by Gasteiger charge is 2.04. The first kappa shape index (κ1) is 10.2. The number of piperidine rings is 1. The Hall–Kier alpha value is -0.900. The number of nitrogens with one attached hydrogen (secondary N) is 1. The Kier molecular flexibility index (Phi) is 4.46. The van der Waals surface area contributed by atoms with Crippen LogP contribution < -0.4 is 5.32 Å². The number of aryl methyl sites for hydroxylation is 1. The average Bonchev–Trinajstić information content (AvgIpc) is 2.58. The standard InChI is InChI=1S/C5H9NO.C4H5NS/c7-5-3-1-2-4-6-5;1-4-2-5-3-6-4/h1-4H2,(H,6,7);2-3H,1H3. The van der Waals surface area contributed by atoms with E-state index in [9.17, 15) is 4.79 Å². The van der Waals surface area contributed by atoms with E-state index in [0.29, 0.717) is 0 Å². The molecule has 1 amide bonds. The maximum Gasteiger partial charge on any atom is 0.219 e. The Morgan fingerprint density at radius 3 is 2.62 bits per heavy atom. The highest BCUT2D eigenvalue weighted by molar-refractivity contribution is 7.09. The quantitative estimate of drug-likeness (QED) is 0.690. The maximum absolute atomic E-state index is 10.4. The molecule has 72 valence electrons. The molecule has 2 rings (SSSR count). The molecule has 0 atom stereocenters. The molecular formula is C9H14N2OS. The topological polar surface area (TPSA) is 42.0 Å². The van der Waals surface area contributed by atoms with Crippen LogP contribution in [-0.2, 0) is 4.79 Å². The van der Waals surface area contributed by atoms with Crippen LogP contribution in [0.1, 0.15) is 24.1 Å². The minimum Gasteiger partial charge on any atom is -0.356 e. The molecule has 1 fully saturated rings. The molecule has 3 nitrogen and oxygen atoms in total. The molecule has 4 heteroatoms.